The number of urea groups is 1. The maximum Gasteiger partial charge on any atom is 0.321 e. The number of rotatable bonds is 8. The molecule has 6 heteroatoms. The summed E-state index contributed by atoms with van der Waals surface area (Å²) in [4.78, 5) is 24.7. The van der Waals surface area contributed by atoms with Crippen LogP contribution in [0.4, 0.5) is 4.79 Å². The van der Waals surface area contributed by atoms with E-state index in [9.17, 15) is 9.59 Å². The first kappa shape index (κ1) is 16.9. The molecule has 0 saturated carbocycles. The van der Waals surface area contributed by atoms with E-state index in [4.69, 9.17) is 5.11 Å². The molecule has 6 nitrogen and oxygen atoms in total. The van der Waals surface area contributed by atoms with Gasteiger partial charge in [0.25, 0.3) is 0 Å². The molecule has 0 unspecified atom stereocenters. The Morgan fingerprint density at radius 3 is 2.50 bits per heavy atom. The number of nitrogens with one attached hydrogen (secondary N) is 2. The Morgan fingerprint density at radius 1 is 1.33 bits per heavy atom. The highest BCUT2D eigenvalue weighted by molar-refractivity contribution is 5.95. The van der Waals surface area contributed by atoms with Crippen LogP contribution in [0.1, 0.15) is 33.6 Å². The fourth-order valence-electron chi connectivity index (χ4n) is 1.42. The zero-order valence-electron chi connectivity index (χ0n) is 11.5. The van der Waals surface area contributed by atoms with Gasteiger partial charge >= 0.3 is 6.03 Å². The average molecular weight is 259 g/mol. The molecule has 3 amide bonds. The van der Waals surface area contributed by atoms with E-state index in [1.807, 2.05) is 20.8 Å². The number of carbonyl (C=O) groups excluding carboxylic acids is 2. The van der Waals surface area contributed by atoms with Gasteiger partial charge in [0.05, 0.1) is 13.2 Å². The number of carbonyl (C=O) groups is 2. The predicted molar refractivity (Wildman–Crippen MR) is 70.2 cm³/mol. The SMILES string of the molecule is CCCCNC(=O)NC(=O)CN(CCO)C(C)C. The molecule has 0 aliphatic carbocycles. The topological polar surface area (TPSA) is 81.7 Å². The zero-order chi connectivity index (χ0) is 14.0. The van der Waals surface area contributed by atoms with E-state index >= 15 is 0 Å². The third-order valence-electron chi connectivity index (χ3n) is 2.53. The van der Waals surface area contributed by atoms with Gasteiger partial charge in [0.15, 0.2) is 0 Å². The average Bonchev–Trinajstić information content (AvgIpc) is 2.28. The number of unbranched alkanes of at least 4 members (excludes halogenated alkanes) is 1. The monoisotopic (exact) mass is 259 g/mol. The Kier molecular flexibility index (Phi) is 9.22. The predicted octanol–water partition coefficient (Wildman–Crippen LogP) is 0.315. The summed E-state index contributed by atoms with van der Waals surface area (Å²) < 4.78 is 0. The molecule has 0 fully saturated rings. The molecule has 0 aromatic heterocycles. The van der Waals surface area contributed by atoms with E-state index in [-0.39, 0.29) is 25.1 Å². The number of amides is 3. The summed E-state index contributed by atoms with van der Waals surface area (Å²) in [6.07, 6.45) is 1.89. The van der Waals surface area contributed by atoms with Crippen LogP contribution in [0, 0.1) is 0 Å². The summed E-state index contributed by atoms with van der Waals surface area (Å²) in [5.41, 5.74) is 0. The normalized spacial score (nSPS) is 10.8. The molecule has 0 spiro atoms. The van der Waals surface area contributed by atoms with Crippen molar-refractivity contribution in [3.8, 4) is 0 Å². The second-order valence-corrected chi connectivity index (χ2v) is 4.45. The molecule has 0 aliphatic heterocycles. The lowest BCUT2D eigenvalue weighted by Crippen LogP contribution is -2.46. The van der Waals surface area contributed by atoms with Crippen LogP contribution in [-0.4, -0.2) is 54.2 Å². The molecule has 0 aromatic rings. The Morgan fingerprint density at radius 2 is 2.00 bits per heavy atom. The van der Waals surface area contributed by atoms with Gasteiger partial charge in [-0.1, -0.05) is 13.3 Å². The first-order chi connectivity index (χ1) is 8.51. The van der Waals surface area contributed by atoms with Gasteiger partial charge in [0.2, 0.25) is 5.91 Å². The van der Waals surface area contributed by atoms with E-state index in [0.717, 1.165) is 12.8 Å². The van der Waals surface area contributed by atoms with Crippen molar-refractivity contribution in [1.29, 1.82) is 0 Å². The van der Waals surface area contributed by atoms with Crippen molar-refractivity contribution in [1.82, 2.24) is 15.5 Å². The quantitative estimate of drug-likeness (QED) is 0.548. The molecule has 106 valence electrons. The second-order valence-electron chi connectivity index (χ2n) is 4.45. The van der Waals surface area contributed by atoms with Crippen LogP contribution in [0.25, 0.3) is 0 Å². The molecule has 0 bridgehead atoms. The summed E-state index contributed by atoms with van der Waals surface area (Å²) in [6, 6.07) is -0.313. The van der Waals surface area contributed by atoms with Gasteiger partial charge in [-0.05, 0) is 20.3 Å². The van der Waals surface area contributed by atoms with Crippen molar-refractivity contribution in [2.24, 2.45) is 0 Å². The Labute approximate surface area is 109 Å². The summed E-state index contributed by atoms with van der Waals surface area (Å²) in [6.45, 7) is 6.99. The maximum atomic E-state index is 11.6. The lowest BCUT2D eigenvalue weighted by molar-refractivity contribution is -0.121. The number of imide groups is 1. The highest BCUT2D eigenvalue weighted by Crippen LogP contribution is 1.96. The van der Waals surface area contributed by atoms with Crippen LogP contribution >= 0.6 is 0 Å². The van der Waals surface area contributed by atoms with Gasteiger partial charge in [0.1, 0.15) is 0 Å². The fraction of sp³-hybridized carbons (Fsp3) is 0.833. The molecule has 0 saturated heterocycles. The second kappa shape index (κ2) is 9.85. The zero-order valence-corrected chi connectivity index (χ0v) is 11.5. The summed E-state index contributed by atoms with van der Waals surface area (Å²) in [5.74, 6) is -0.355. The van der Waals surface area contributed by atoms with Crippen LogP contribution in [0.15, 0.2) is 0 Å². The summed E-state index contributed by atoms with van der Waals surface area (Å²) in [7, 11) is 0. The standard InChI is InChI=1S/C12H25N3O3/c1-4-5-6-13-12(18)14-11(17)9-15(7-8-16)10(2)3/h10,16H,4-9H2,1-3H3,(H2,13,14,17,18). The first-order valence-electron chi connectivity index (χ1n) is 6.43. The van der Waals surface area contributed by atoms with Crippen molar-refractivity contribution in [3.63, 3.8) is 0 Å². The van der Waals surface area contributed by atoms with E-state index in [0.29, 0.717) is 13.1 Å². The summed E-state index contributed by atoms with van der Waals surface area (Å²) in [5, 5.41) is 13.8. The smallest absolute Gasteiger partial charge is 0.321 e. The third kappa shape index (κ3) is 8.03. The third-order valence-corrected chi connectivity index (χ3v) is 2.53. The van der Waals surface area contributed by atoms with Gasteiger partial charge in [-0.3, -0.25) is 15.0 Å². The van der Waals surface area contributed by atoms with Crippen molar-refractivity contribution in [2.75, 3.05) is 26.2 Å². The molecule has 0 heterocycles. The minimum Gasteiger partial charge on any atom is -0.395 e. The van der Waals surface area contributed by atoms with E-state index < -0.39 is 6.03 Å². The Bertz CT molecular complexity index is 257. The molecular formula is C12H25N3O3. The van der Waals surface area contributed by atoms with Crippen LogP contribution in [0.2, 0.25) is 0 Å². The Hall–Kier alpha value is -1.14. The van der Waals surface area contributed by atoms with Crippen LogP contribution in [0.3, 0.4) is 0 Å². The van der Waals surface area contributed by atoms with Gasteiger partial charge in [0, 0.05) is 19.1 Å². The van der Waals surface area contributed by atoms with Crippen LogP contribution in [-0.2, 0) is 4.79 Å². The lowest BCUT2D eigenvalue weighted by atomic mass is 10.3. The highest BCUT2D eigenvalue weighted by atomic mass is 16.3. The molecule has 0 aromatic carbocycles. The molecule has 0 atom stereocenters. The van der Waals surface area contributed by atoms with E-state index in [2.05, 4.69) is 10.6 Å². The number of nitrogens with zero attached hydrogens (tertiary/aromatic N) is 1. The largest absolute Gasteiger partial charge is 0.395 e. The fourth-order valence-corrected chi connectivity index (χ4v) is 1.42. The number of aliphatic hydroxyl groups is 1. The van der Waals surface area contributed by atoms with Gasteiger partial charge < -0.3 is 10.4 Å². The molecular weight excluding hydrogens is 234 g/mol. The van der Waals surface area contributed by atoms with Crippen molar-refractivity contribution in [2.45, 2.75) is 39.7 Å². The van der Waals surface area contributed by atoms with E-state index in [1.54, 1.807) is 4.90 Å². The van der Waals surface area contributed by atoms with Crippen molar-refractivity contribution < 1.29 is 14.7 Å². The van der Waals surface area contributed by atoms with Crippen LogP contribution < -0.4 is 10.6 Å². The number of hydrogen-bond acceptors (Lipinski definition) is 4. The molecule has 0 radical (unpaired) electrons. The van der Waals surface area contributed by atoms with Crippen LogP contribution in [0.5, 0.6) is 0 Å². The van der Waals surface area contributed by atoms with Gasteiger partial charge in [-0.2, -0.15) is 0 Å². The molecule has 18 heavy (non-hydrogen) atoms. The number of aliphatic hydroxyl groups excluding tert-OH is 1. The first-order valence-corrected chi connectivity index (χ1v) is 6.43. The molecule has 0 aliphatic rings. The van der Waals surface area contributed by atoms with Gasteiger partial charge in [-0.15, -0.1) is 0 Å². The number of hydrogen-bond donors (Lipinski definition) is 3. The molecule has 3 N–H and O–H groups in total. The molecule has 0 rings (SSSR count). The summed E-state index contributed by atoms with van der Waals surface area (Å²) >= 11 is 0. The maximum absolute atomic E-state index is 11.6. The highest BCUT2D eigenvalue weighted by Gasteiger charge is 2.14. The van der Waals surface area contributed by atoms with Gasteiger partial charge in [-0.25, -0.2) is 4.79 Å². The Balaban J connectivity index is 3.96. The van der Waals surface area contributed by atoms with Crippen molar-refractivity contribution >= 4 is 11.9 Å². The van der Waals surface area contributed by atoms with Crippen molar-refractivity contribution in [3.05, 3.63) is 0 Å². The van der Waals surface area contributed by atoms with E-state index in [1.165, 1.54) is 0 Å². The minimum absolute atomic E-state index is 0.00580. The lowest BCUT2D eigenvalue weighted by Gasteiger charge is -2.24. The minimum atomic E-state index is -0.457.